The van der Waals surface area contributed by atoms with Crippen LogP contribution in [0.5, 0.6) is 5.75 Å². The summed E-state index contributed by atoms with van der Waals surface area (Å²) < 4.78 is 10.5. The Morgan fingerprint density at radius 3 is 2.52 bits per heavy atom. The number of esters is 1. The van der Waals surface area contributed by atoms with Crippen molar-refractivity contribution in [2.75, 3.05) is 12.4 Å². The zero-order valence-electron chi connectivity index (χ0n) is 14.7. The average molecular weight is 382 g/mol. The van der Waals surface area contributed by atoms with Crippen LogP contribution in [0.4, 0.5) is 5.00 Å². The molecule has 1 amide bonds. The number of benzene rings is 1. The molecule has 0 saturated heterocycles. The number of aryl methyl sites for hydroxylation is 2. The van der Waals surface area contributed by atoms with E-state index in [1.165, 1.54) is 18.4 Å². The first-order valence-corrected chi connectivity index (χ1v) is 8.86. The molecule has 1 aromatic carbocycles. The second kappa shape index (κ2) is 7.89. The van der Waals surface area contributed by atoms with E-state index in [9.17, 15) is 9.59 Å². The molecule has 0 saturated carbocycles. The molecule has 0 aliphatic heterocycles. The Bertz CT molecular complexity index is 816. The van der Waals surface area contributed by atoms with E-state index in [2.05, 4.69) is 5.32 Å². The third-order valence-corrected chi connectivity index (χ3v) is 5.37. The summed E-state index contributed by atoms with van der Waals surface area (Å²) in [5, 5.41) is 3.86. The minimum absolute atomic E-state index is 0.348. The molecular formula is C18H20ClNO4S. The van der Waals surface area contributed by atoms with Gasteiger partial charge >= 0.3 is 5.97 Å². The van der Waals surface area contributed by atoms with Gasteiger partial charge in [0.25, 0.3) is 5.91 Å². The molecule has 0 aliphatic rings. The monoisotopic (exact) mass is 381 g/mol. The molecule has 1 heterocycles. The summed E-state index contributed by atoms with van der Waals surface area (Å²) in [6.45, 7) is 7.22. The Labute approximate surface area is 155 Å². The van der Waals surface area contributed by atoms with Crippen molar-refractivity contribution in [1.29, 1.82) is 0 Å². The van der Waals surface area contributed by atoms with Crippen LogP contribution in [0.1, 0.15) is 33.3 Å². The van der Waals surface area contributed by atoms with Crippen LogP contribution in [0.25, 0.3) is 0 Å². The molecule has 1 atom stereocenters. The van der Waals surface area contributed by atoms with E-state index in [1.807, 2.05) is 20.8 Å². The van der Waals surface area contributed by atoms with Crippen molar-refractivity contribution in [3.8, 4) is 5.75 Å². The molecule has 0 bridgehead atoms. The number of ether oxygens (including phenoxy) is 2. The minimum atomic E-state index is -0.742. The van der Waals surface area contributed by atoms with E-state index in [4.69, 9.17) is 21.1 Å². The molecule has 1 aromatic heterocycles. The Kier molecular flexibility index (Phi) is 6.08. The molecule has 0 fully saturated rings. The van der Waals surface area contributed by atoms with Gasteiger partial charge in [-0.25, -0.2) is 4.79 Å². The standard InChI is InChI=1S/C18H20ClNO4S/c1-9-8-13(6-7-14(9)19)24-11(3)16(21)20-17-15(18(22)23-5)10(2)12(4)25-17/h6-8,11H,1-5H3,(H,20,21)/t11-/m0/s1. The van der Waals surface area contributed by atoms with E-state index in [1.54, 1.807) is 25.1 Å². The van der Waals surface area contributed by atoms with Gasteiger partial charge in [0, 0.05) is 9.90 Å². The van der Waals surface area contributed by atoms with Crippen LogP contribution in [-0.2, 0) is 9.53 Å². The number of amides is 1. The lowest BCUT2D eigenvalue weighted by molar-refractivity contribution is -0.122. The average Bonchev–Trinajstić information content (AvgIpc) is 2.84. The van der Waals surface area contributed by atoms with Gasteiger partial charge in [-0.2, -0.15) is 0 Å². The lowest BCUT2D eigenvalue weighted by atomic mass is 10.1. The first kappa shape index (κ1) is 19.3. The smallest absolute Gasteiger partial charge is 0.341 e. The summed E-state index contributed by atoms with van der Waals surface area (Å²) in [4.78, 5) is 25.4. The fourth-order valence-corrected chi connectivity index (χ4v) is 3.39. The molecule has 0 radical (unpaired) electrons. The van der Waals surface area contributed by atoms with Crippen molar-refractivity contribution in [2.45, 2.75) is 33.8 Å². The van der Waals surface area contributed by atoms with Gasteiger partial charge < -0.3 is 14.8 Å². The van der Waals surface area contributed by atoms with Gasteiger partial charge in [0.2, 0.25) is 0 Å². The number of halogens is 1. The van der Waals surface area contributed by atoms with Gasteiger partial charge in [0.15, 0.2) is 6.10 Å². The van der Waals surface area contributed by atoms with E-state index in [0.29, 0.717) is 21.3 Å². The molecule has 2 aromatic rings. The molecular weight excluding hydrogens is 362 g/mol. The summed E-state index contributed by atoms with van der Waals surface area (Å²) in [5.74, 6) is -0.269. The second-order valence-corrected chi connectivity index (χ2v) is 7.27. The number of hydrogen-bond acceptors (Lipinski definition) is 5. The van der Waals surface area contributed by atoms with E-state index >= 15 is 0 Å². The summed E-state index contributed by atoms with van der Waals surface area (Å²) in [6.07, 6.45) is -0.742. The van der Waals surface area contributed by atoms with E-state index < -0.39 is 12.1 Å². The largest absolute Gasteiger partial charge is 0.481 e. The first-order valence-electron chi connectivity index (χ1n) is 7.66. The Balaban J connectivity index is 2.15. The summed E-state index contributed by atoms with van der Waals surface area (Å²) in [5.41, 5.74) is 2.05. The fraction of sp³-hybridized carbons (Fsp3) is 0.333. The van der Waals surface area contributed by atoms with Crippen LogP contribution < -0.4 is 10.1 Å². The number of thiophene rings is 1. The number of anilines is 1. The molecule has 0 unspecified atom stereocenters. The van der Waals surface area contributed by atoms with Gasteiger partial charge in [0.1, 0.15) is 10.8 Å². The third-order valence-electron chi connectivity index (χ3n) is 3.82. The van der Waals surface area contributed by atoms with Crippen molar-refractivity contribution >= 4 is 39.8 Å². The fourth-order valence-electron chi connectivity index (χ4n) is 2.22. The second-order valence-electron chi connectivity index (χ2n) is 5.64. The molecule has 2 rings (SSSR count). The van der Waals surface area contributed by atoms with Crippen LogP contribution in [-0.4, -0.2) is 25.1 Å². The minimum Gasteiger partial charge on any atom is -0.481 e. The third kappa shape index (κ3) is 4.32. The topological polar surface area (TPSA) is 64.6 Å². The lowest BCUT2D eigenvalue weighted by Gasteiger charge is -2.15. The zero-order valence-corrected chi connectivity index (χ0v) is 16.3. The highest BCUT2D eigenvalue weighted by Crippen LogP contribution is 2.33. The van der Waals surface area contributed by atoms with Gasteiger partial charge in [-0.1, -0.05) is 11.6 Å². The Morgan fingerprint density at radius 2 is 1.92 bits per heavy atom. The van der Waals surface area contributed by atoms with E-state index in [0.717, 1.165) is 16.0 Å². The van der Waals surface area contributed by atoms with Crippen LogP contribution in [0, 0.1) is 20.8 Å². The van der Waals surface area contributed by atoms with Crippen LogP contribution >= 0.6 is 22.9 Å². The lowest BCUT2D eigenvalue weighted by Crippen LogP contribution is -2.30. The number of carbonyl (C=O) groups is 2. The van der Waals surface area contributed by atoms with Crippen LogP contribution in [0.15, 0.2) is 18.2 Å². The summed E-state index contributed by atoms with van der Waals surface area (Å²) in [7, 11) is 1.31. The maximum atomic E-state index is 12.4. The Hall–Kier alpha value is -2.05. The van der Waals surface area contributed by atoms with Crippen molar-refractivity contribution in [1.82, 2.24) is 0 Å². The van der Waals surface area contributed by atoms with Gasteiger partial charge in [-0.05, 0) is 57.0 Å². The predicted octanol–water partition coefficient (Wildman–Crippen LogP) is 4.52. The molecule has 0 aliphatic carbocycles. The van der Waals surface area contributed by atoms with Crippen LogP contribution in [0.2, 0.25) is 5.02 Å². The van der Waals surface area contributed by atoms with Crippen molar-refractivity contribution in [2.24, 2.45) is 0 Å². The summed E-state index contributed by atoms with van der Waals surface area (Å²) >= 11 is 7.32. The van der Waals surface area contributed by atoms with Crippen LogP contribution in [0.3, 0.4) is 0 Å². The maximum absolute atomic E-state index is 12.4. The van der Waals surface area contributed by atoms with Gasteiger partial charge in [-0.3, -0.25) is 4.79 Å². The molecule has 0 spiro atoms. The van der Waals surface area contributed by atoms with Crippen molar-refractivity contribution in [3.63, 3.8) is 0 Å². The Morgan fingerprint density at radius 1 is 1.24 bits per heavy atom. The highest BCUT2D eigenvalue weighted by molar-refractivity contribution is 7.16. The van der Waals surface area contributed by atoms with E-state index in [-0.39, 0.29) is 5.91 Å². The normalized spacial score (nSPS) is 11.8. The highest BCUT2D eigenvalue weighted by atomic mass is 35.5. The number of hydrogen-bond donors (Lipinski definition) is 1. The van der Waals surface area contributed by atoms with Gasteiger partial charge in [-0.15, -0.1) is 11.3 Å². The zero-order chi connectivity index (χ0) is 18.7. The number of nitrogens with one attached hydrogen (secondary N) is 1. The number of rotatable bonds is 5. The van der Waals surface area contributed by atoms with Crippen molar-refractivity contribution in [3.05, 3.63) is 44.8 Å². The highest BCUT2D eigenvalue weighted by Gasteiger charge is 2.24. The molecule has 5 nitrogen and oxygen atoms in total. The maximum Gasteiger partial charge on any atom is 0.341 e. The molecule has 7 heteroatoms. The molecule has 1 N–H and O–H groups in total. The predicted molar refractivity (Wildman–Crippen MR) is 100 cm³/mol. The summed E-state index contributed by atoms with van der Waals surface area (Å²) in [6, 6.07) is 5.20. The number of carbonyl (C=O) groups excluding carboxylic acids is 2. The molecule has 25 heavy (non-hydrogen) atoms. The van der Waals surface area contributed by atoms with Gasteiger partial charge in [0.05, 0.1) is 12.7 Å². The van der Waals surface area contributed by atoms with Crippen molar-refractivity contribution < 1.29 is 19.1 Å². The first-order chi connectivity index (χ1) is 11.7. The quantitative estimate of drug-likeness (QED) is 0.773. The molecule has 134 valence electrons. The SMILES string of the molecule is COC(=O)c1c(NC(=O)[C@H](C)Oc2ccc(Cl)c(C)c2)sc(C)c1C. The number of methoxy groups -OCH3 is 1.